The van der Waals surface area contributed by atoms with Gasteiger partial charge in [0.25, 0.3) is 0 Å². The van der Waals surface area contributed by atoms with E-state index >= 15 is 0 Å². The molecule has 4 heteroatoms. The molecule has 0 saturated heterocycles. The Bertz CT molecular complexity index is 1440. The van der Waals surface area contributed by atoms with Gasteiger partial charge in [-0.1, -0.05) is 109 Å². The largest absolute Gasteiger partial charge is 0.478 e. The number of hydrogen-bond acceptors (Lipinski definition) is 1. The summed E-state index contributed by atoms with van der Waals surface area (Å²) in [6.45, 7) is 0. The normalized spacial score (nSPS) is 11.5. The van der Waals surface area contributed by atoms with Crippen LogP contribution in [-0.2, 0) is 11.2 Å². The lowest BCUT2D eigenvalue weighted by Gasteiger charge is -2.22. The zero-order valence-corrected chi connectivity index (χ0v) is 20.6. The maximum absolute atomic E-state index is 12.2. The molecule has 0 bridgehead atoms. The minimum Gasteiger partial charge on any atom is -0.478 e. The van der Waals surface area contributed by atoms with E-state index in [0.29, 0.717) is 12.0 Å². The molecular formula is C32H26NO2P. The molecule has 3 nitrogen and oxygen atoms in total. The van der Waals surface area contributed by atoms with Crippen LogP contribution >= 0.6 is 7.92 Å². The summed E-state index contributed by atoms with van der Waals surface area (Å²) in [5.74, 6) is -0.905. The molecule has 36 heavy (non-hydrogen) atoms. The molecule has 1 N–H and O–H groups in total. The van der Waals surface area contributed by atoms with E-state index in [4.69, 9.17) is 0 Å². The van der Waals surface area contributed by atoms with E-state index in [2.05, 4.69) is 77.5 Å². The van der Waals surface area contributed by atoms with Gasteiger partial charge in [0.05, 0.1) is 5.44 Å². The summed E-state index contributed by atoms with van der Waals surface area (Å²) in [5.41, 5.74) is 4.40. The molecule has 5 rings (SSSR count). The third-order valence-corrected chi connectivity index (χ3v) is 8.48. The molecule has 0 fully saturated rings. The number of rotatable bonds is 8. The van der Waals surface area contributed by atoms with E-state index in [-0.39, 0.29) is 0 Å². The Morgan fingerprint density at radius 2 is 1.25 bits per heavy atom. The fraction of sp³-hybridized carbons (Fsp3) is 0.0312. The van der Waals surface area contributed by atoms with Gasteiger partial charge in [-0.3, -0.25) is 0 Å². The molecule has 1 aromatic heterocycles. The third-order valence-electron chi connectivity index (χ3n) is 6.03. The first kappa shape index (κ1) is 23.5. The molecule has 176 valence electrons. The summed E-state index contributed by atoms with van der Waals surface area (Å²) < 4.78 is 2.23. The summed E-state index contributed by atoms with van der Waals surface area (Å²) in [6.07, 6.45) is 4.17. The minimum atomic E-state index is -0.905. The highest BCUT2D eigenvalue weighted by molar-refractivity contribution is 7.79. The number of carboxylic acid groups (broad SMARTS) is 1. The quantitative estimate of drug-likeness (QED) is 0.217. The van der Waals surface area contributed by atoms with Gasteiger partial charge in [-0.25, -0.2) is 4.79 Å². The monoisotopic (exact) mass is 487 g/mol. The molecule has 4 aromatic carbocycles. The highest BCUT2D eigenvalue weighted by Crippen LogP contribution is 2.34. The van der Waals surface area contributed by atoms with Crippen molar-refractivity contribution in [3.8, 4) is 5.69 Å². The van der Waals surface area contributed by atoms with Crippen molar-refractivity contribution in [3.05, 3.63) is 150 Å². The SMILES string of the molecule is O=C(O)/C(=C/c1ccccc1)Cc1ccccc1-n1cccc1P(c1ccccc1)c1ccccc1. The molecule has 0 atom stereocenters. The van der Waals surface area contributed by atoms with Gasteiger partial charge in [-0.05, 0) is 46.0 Å². The lowest BCUT2D eigenvalue weighted by atomic mass is 10.0. The number of carboxylic acids is 1. The van der Waals surface area contributed by atoms with Crippen molar-refractivity contribution in [1.82, 2.24) is 4.57 Å². The van der Waals surface area contributed by atoms with Crippen molar-refractivity contribution in [1.29, 1.82) is 0 Å². The second kappa shape index (κ2) is 11.0. The van der Waals surface area contributed by atoms with Crippen LogP contribution in [0.2, 0.25) is 0 Å². The second-order valence-corrected chi connectivity index (χ2v) is 10.6. The predicted molar refractivity (Wildman–Crippen MR) is 150 cm³/mol. The lowest BCUT2D eigenvalue weighted by Crippen LogP contribution is -2.25. The first-order chi connectivity index (χ1) is 17.7. The van der Waals surface area contributed by atoms with Crippen LogP contribution in [0.1, 0.15) is 11.1 Å². The number of hydrogen-bond donors (Lipinski definition) is 1. The number of carbonyl (C=O) groups is 1. The van der Waals surface area contributed by atoms with E-state index in [1.54, 1.807) is 6.08 Å². The van der Waals surface area contributed by atoms with E-state index in [9.17, 15) is 9.90 Å². The fourth-order valence-corrected chi connectivity index (χ4v) is 6.76. The van der Waals surface area contributed by atoms with Gasteiger partial charge in [0.2, 0.25) is 0 Å². The summed E-state index contributed by atoms with van der Waals surface area (Å²) in [4.78, 5) is 12.2. The summed E-state index contributed by atoms with van der Waals surface area (Å²) >= 11 is 0. The predicted octanol–water partition coefficient (Wildman–Crippen LogP) is 5.95. The van der Waals surface area contributed by atoms with Gasteiger partial charge in [-0.2, -0.15) is 0 Å². The van der Waals surface area contributed by atoms with E-state index in [1.807, 2.05) is 60.7 Å². The van der Waals surface area contributed by atoms with Crippen LogP contribution in [0.4, 0.5) is 0 Å². The van der Waals surface area contributed by atoms with Gasteiger partial charge in [0.1, 0.15) is 0 Å². The zero-order chi connectivity index (χ0) is 24.7. The van der Waals surface area contributed by atoms with Crippen molar-refractivity contribution < 1.29 is 9.90 Å². The van der Waals surface area contributed by atoms with Crippen LogP contribution < -0.4 is 16.0 Å². The van der Waals surface area contributed by atoms with Crippen LogP contribution in [-0.4, -0.2) is 15.6 Å². The van der Waals surface area contributed by atoms with Crippen molar-refractivity contribution >= 4 is 36.0 Å². The number of aromatic nitrogens is 1. The Hall–Kier alpha value is -4.20. The summed E-state index contributed by atoms with van der Waals surface area (Å²) in [5, 5.41) is 12.5. The average molecular weight is 488 g/mol. The Labute approximate surface area is 212 Å². The van der Waals surface area contributed by atoms with Crippen LogP contribution in [0.25, 0.3) is 11.8 Å². The average Bonchev–Trinajstić information content (AvgIpc) is 3.40. The van der Waals surface area contributed by atoms with Gasteiger partial charge < -0.3 is 9.67 Å². The van der Waals surface area contributed by atoms with Gasteiger partial charge in [-0.15, -0.1) is 0 Å². The second-order valence-electron chi connectivity index (χ2n) is 8.43. The molecular weight excluding hydrogens is 461 g/mol. The van der Waals surface area contributed by atoms with Gasteiger partial charge >= 0.3 is 5.97 Å². The Morgan fingerprint density at radius 3 is 1.86 bits per heavy atom. The standard InChI is InChI=1S/C32H26NO2P/c34-32(35)27(23-25-13-4-1-5-14-25)24-26-15-10-11-20-30(26)33-22-12-21-31(33)36(28-16-6-2-7-17-28)29-18-8-3-9-19-29/h1-23H,24H2,(H,34,35)/b27-23+. The topological polar surface area (TPSA) is 42.2 Å². The molecule has 1 heterocycles. The maximum Gasteiger partial charge on any atom is 0.331 e. The Morgan fingerprint density at radius 1 is 0.694 bits per heavy atom. The molecule has 0 aliphatic heterocycles. The third kappa shape index (κ3) is 5.22. The number of aliphatic carboxylic acids is 1. The summed E-state index contributed by atoms with van der Waals surface area (Å²) in [6, 6.07) is 43.1. The molecule has 5 aromatic rings. The number of para-hydroxylation sites is 1. The Balaban J connectivity index is 1.59. The lowest BCUT2D eigenvalue weighted by molar-refractivity contribution is -0.132. The number of nitrogens with zero attached hydrogens (tertiary/aromatic N) is 1. The van der Waals surface area contributed by atoms with Crippen LogP contribution in [0.15, 0.2) is 139 Å². The maximum atomic E-state index is 12.2. The molecule has 0 radical (unpaired) electrons. The van der Waals surface area contributed by atoms with Crippen molar-refractivity contribution in [2.24, 2.45) is 0 Å². The molecule has 0 amide bonds. The van der Waals surface area contributed by atoms with E-state index < -0.39 is 13.9 Å². The summed E-state index contributed by atoms with van der Waals surface area (Å²) in [7, 11) is -0.806. The molecule has 0 aliphatic carbocycles. The van der Waals surface area contributed by atoms with Crippen LogP contribution in [0.3, 0.4) is 0 Å². The highest BCUT2D eigenvalue weighted by Gasteiger charge is 2.21. The Kier molecular flexibility index (Phi) is 7.21. The van der Waals surface area contributed by atoms with E-state index in [0.717, 1.165) is 16.8 Å². The minimum absolute atomic E-state index is 0.326. The van der Waals surface area contributed by atoms with Crippen molar-refractivity contribution in [2.45, 2.75) is 6.42 Å². The van der Waals surface area contributed by atoms with E-state index in [1.165, 1.54) is 16.0 Å². The van der Waals surface area contributed by atoms with Crippen molar-refractivity contribution in [2.75, 3.05) is 0 Å². The first-order valence-corrected chi connectivity index (χ1v) is 13.2. The molecule has 0 unspecified atom stereocenters. The van der Waals surface area contributed by atoms with Gasteiger partial charge in [0.15, 0.2) is 0 Å². The van der Waals surface area contributed by atoms with Crippen LogP contribution in [0, 0.1) is 0 Å². The molecule has 0 aliphatic rings. The van der Waals surface area contributed by atoms with Crippen molar-refractivity contribution in [3.63, 3.8) is 0 Å². The smallest absolute Gasteiger partial charge is 0.331 e. The molecule has 0 saturated carbocycles. The zero-order valence-electron chi connectivity index (χ0n) is 19.7. The highest BCUT2D eigenvalue weighted by atomic mass is 31.1. The fourth-order valence-electron chi connectivity index (χ4n) is 4.36. The number of benzene rings is 4. The van der Waals surface area contributed by atoms with Crippen LogP contribution in [0.5, 0.6) is 0 Å². The molecule has 0 spiro atoms. The van der Waals surface area contributed by atoms with Gasteiger partial charge in [0, 0.05) is 31.8 Å². The first-order valence-electron chi connectivity index (χ1n) is 11.9.